The highest BCUT2D eigenvalue weighted by atomic mass is 16.6. The Kier molecular flexibility index (Phi) is 16.1. The Morgan fingerprint density at radius 2 is 1.02 bits per heavy atom. The summed E-state index contributed by atoms with van der Waals surface area (Å²) in [4.78, 5) is 60.3. The number of alkyl carbamates (subject to hydrolysis) is 3. The summed E-state index contributed by atoms with van der Waals surface area (Å²) < 4.78 is 15.7. The fourth-order valence-corrected chi connectivity index (χ4v) is 3.43. The van der Waals surface area contributed by atoms with Crippen molar-refractivity contribution in [2.24, 2.45) is 0 Å². The van der Waals surface area contributed by atoms with Crippen molar-refractivity contribution in [3.05, 3.63) is 0 Å². The molecule has 238 valence electrons. The molecule has 2 unspecified atom stereocenters. The zero-order chi connectivity index (χ0) is 31.9. The van der Waals surface area contributed by atoms with Gasteiger partial charge in [0.2, 0.25) is 5.91 Å². The van der Waals surface area contributed by atoms with Crippen LogP contribution in [-0.2, 0) is 23.8 Å². The van der Waals surface area contributed by atoms with E-state index < -0.39 is 59.0 Å². The van der Waals surface area contributed by atoms with Gasteiger partial charge >= 0.3 is 24.2 Å². The fourth-order valence-electron chi connectivity index (χ4n) is 3.43. The maximum absolute atomic E-state index is 12.7. The summed E-state index contributed by atoms with van der Waals surface area (Å²) in [5.74, 6) is -1.71. The van der Waals surface area contributed by atoms with Gasteiger partial charge in [-0.05, 0) is 101 Å². The summed E-state index contributed by atoms with van der Waals surface area (Å²) in [6.45, 7) is 16.4. The first-order valence-electron chi connectivity index (χ1n) is 14.1. The van der Waals surface area contributed by atoms with E-state index in [-0.39, 0.29) is 12.8 Å². The second kappa shape index (κ2) is 17.5. The van der Waals surface area contributed by atoms with Crippen LogP contribution >= 0.6 is 0 Å². The molecular formula is C28H52N4O9. The number of aliphatic carboxylic acids is 1. The lowest BCUT2D eigenvalue weighted by Crippen LogP contribution is -2.45. The van der Waals surface area contributed by atoms with Gasteiger partial charge in [0.05, 0.1) is 0 Å². The number of carboxylic acid groups (broad SMARTS) is 1. The molecule has 0 aliphatic rings. The molecule has 0 aliphatic carbocycles. The van der Waals surface area contributed by atoms with Crippen molar-refractivity contribution < 1.29 is 43.3 Å². The number of amides is 4. The molecule has 0 aromatic carbocycles. The van der Waals surface area contributed by atoms with Crippen molar-refractivity contribution in [3.63, 3.8) is 0 Å². The third kappa shape index (κ3) is 23.2. The van der Waals surface area contributed by atoms with Crippen molar-refractivity contribution in [2.45, 2.75) is 136 Å². The molecule has 13 nitrogen and oxygen atoms in total. The number of ether oxygens (including phenoxy) is 3. The summed E-state index contributed by atoms with van der Waals surface area (Å²) >= 11 is 0. The quantitative estimate of drug-likeness (QED) is 0.138. The number of nitrogens with one attached hydrogen (secondary N) is 4. The van der Waals surface area contributed by atoms with Crippen LogP contribution in [0.1, 0.15) is 107 Å². The molecule has 0 saturated heterocycles. The van der Waals surface area contributed by atoms with E-state index in [1.54, 1.807) is 62.3 Å². The number of hydrogen-bond acceptors (Lipinski definition) is 8. The first kappa shape index (κ1) is 37.8. The Balaban J connectivity index is 4.84. The third-order valence-corrected chi connectivity index (χ3v) is 5.02. The van der Waals surface area contributed by atoms with E-state index in [9.17, 15) is 29.1 Å². The number of rotatable bonds is 15. The molecule has 0 fully saturated rings. The minimum atomic E-state index is -1.18. The first-order chi connectivity index (χ1) is 18.7. The Morgan fingerprint density at radius 1 is 0.610 bits per heavy atom. The maximum atomic E-state index is 12.7. The van der Waals surface area contributed by atoms with Crippen LogP contribution in [-0.4, -0.2) is 77.2 Å². The molecule has 13 heteroatoms. The van der Waals surface area contributed by atoms with Gasteiger partial charge in [-0.2, -0.15) is 0 Å². The van der Waals surface area contributed by atoms with Crippen molar-refractivity contribution in [2.75, 3.05) is 13.1 Å². The molecule has 0 heterocycles. The van der Waals surface area contributed by atoms with Crippen molar-refractivity contribution >= 4 is 30.2 Å². The molecule has 2 atom stereocenters. The number of carbonyl (C=O) groups excluding carboxylic acids is 4. The smallest absolute Gasteiger partial charge is 0.407 e. The minimum Gasteiger partial charge on any atom is -0.480 e. The van der Waals surface area contributed by atoms with Gasteiger partial charge in [0.25, 0.3) is 0 Å². The molecule has 0 spiro atoms. The third-order valence-electron chi connectivity index (χ3n) is 5.02. The summed E-state index contributed by atoms with van der Waals surface area (Å²) in [5, 5.41) is 20.1. The van der Waals surface area contributed by atoms with Crippen LogP contribution in [0.25, 0.3) is 0 Å². The molecule has 0 radical (unpaired) electrons. The standard InChI is InChI=1S/C28H52N4O9/c1-26(2,3)39-23(36)29-16-12-10-14-19(31-25(38)41-28(7,8)9)18-21(33)32-20(22(34)35)15-11-13-17-30-24(37)40-27(4,5)6/h19-20H,10-18H2,1-9H3,(H,29,36)(H,30,37)(H,31,38)(H,32,33)(H,34,35). The van der Waals surface area contributed by atoms with Gasteiger partial charge in [-0.3, -0.25) is 4.79 Å². The zero-order valence-corrected chi connectivity index (χ0v) is 26.2. The molecule has 0 saturated carbocycles. The normalized spacial score (nSPS) is 13.3. The lowest BCUT2D eigenvalue weighted by Gasteiger charge is -2.24. The van der Waals surface area contributed by atoms with E-state index >= 15 is 0 Å². The van der Waals surface area contributed by atoms with Crippen molar-refractivity contribution in [1.82, 2.24) is 21.3 Å². The predicted octanol–water partition coefficient (Wildman–Crippen LogP) is 4.23. The van der Waals surface area contributed by atoms with Crippen LogP contribution in [0.2, 0.25) is 0 Å². The van der Waals surface area contributed by atoms with Gasteiger partial charge in [0, 0.05) is 25.6 Å². The number of unbranched alkanes of at least 4 members (excludes halogenated alkanes) is 2. The average Bonchev–Trinajstić information content (AvgIpc) is 2.73. The van der Waals surface area contributed by atoms with Gasteiger partial charge in [0.1, 0.15) is 22.8 Å². The van der Waals surface area contributed by atoms with Gasteiger partial charge in [0.15, 0.2) is 0 Å². The number of carbonyl (C=O) groups is 5. The van der Waals surface area contributed by atoms with E-state index in [0.29, 0.717) is 45.2 Å². The molecular weight excluding hydrogens is 536 g/mol. The lowest BCUT2D eigenvalue weighted by atomic mass is 10.0. The highest BCUT2D eigenvalue weighted by Crippen LogP contribution is 2.12. The molecule has 0 bridgehead atoms. The highest BCUT2D eigenvalue weighted by Gasteiger charge is 2.25. The lowest BCUT2D eigenvalue weighted by molar-refractivity contribution is -0.142. The Bertz CT molecular complexity index is 858. The Morgan fingerprint density at radius 3 is 1.44 bits per heavy atom. The SMILES string of the molecule is CC(C)(C)OC(=O)NCCCCC(CC(=O)NC(CCCCNC(=O)OC(C)(C)C)C(=O)O)NC(=O)OC(C)(C)C. The summed E-state index contributed by atoms with van der Waals surface area (Å²) in [7, 11) is 0. The Labute approximate surface area is 244 Å². The monoisotopic (exact) mass is 588 g/mol. The van der Waals surface area contributed by atoms with Crippen LogP contribution in [0.5, 0.6) is 0 Å². The highest BCUT2D eigenvalue weighted by molar-refractivity contribution is 5.84. The topological polar surface area (TPSA) is 181 Å². The van der Waals surface area contributed by atoms with E-state index in [2.05, 4.69) is 21.3 Å². The summed E-state index contributed by atoms with van der Waals surface area (Å²) in [6, 6.07) is -1.73. The van der Waals surface area contributed by atoms with Crippen LogP contribution in [0, 0.1) is 0 Å². The molecule has 0 rings (SSSR count). The molecule has 5 N–H and O–H groups in total. The van der Waals surface area contributed by atoms with Crippen molar-refractivity contribution in [1.29, 1.82) is 0 Å². The maximum Gasteiger partial charge on any atom is 0.407 e. The van der Waals surface area contributed by atoms with E-state index in [1.807, 2.05) is 0 Å². The zero-order valence-electron chi connectivity index (χ0n) is 26.2. The largest absolute Gasteiger partial charge is 0.480 e. The molecule has 0 aromatic rings. The van der Waals surface area contributed by atoms with Gasteiger partial charge in [-0.15, -0.1) is 0 Å². The molecule has 4 amide bonds. The van der Waals surface area contributed by atoms with Gasteiger partial charge in [-0.25, -0.2) is 19.2 Å². The molecule has 41 heavy (non-hydrogen) atoms. The van der Waals surface area contributed by atoms with Gasteiger partial charge < -0.3 is 40.6 Å². The number of carboxylic acids is 1. The second-order valence-electron chi connectivity index (χ2n) is 12.9. The molecule has 0 aromatic heterocycles. The summed E-state index contributed by atoms with van der Waals surface area (Å²) in [6.07, 6.45) is 0.728. The predicted molar refractivity (Wildman–Crippen MR) is 154 cm³/mol. The molecule has 0 aliphatic heterocycles. The van der Waals surface area contributed by atoms with Crippen molar-refractivity contribution in [3.8, 4) is 0 Å². The minimum absolute atomic E-state index is 0.150. The fraction of sp³-hybridized carbons (Fsp3) is 0.821. The van der Waals surface area contributed by atoms with Crippen LogP contribution in [0.15, 0.2) is 0 Å². The summed E-state index contributed by atoms with van der Waals surface area (Å²) in [5.41, 5.74) is -1.96. The Hall–Kier alpha value is -3.25. The van der Waals surface area contributed by atoms with E-state index in [0.717, 1.165) is 0 Å². The second-order valence-corrected chi connectivity index (χ2v) is 12.9. The number of hydrogen-bond donors (Lipinski definition) is 5. The van der Waals surface area contributed by atoms with E-state index in [4.69, 9.17) is 14.2 Å². The van der Waals surface area contributed by atoms with Crippen LogP contribution in [0.4, 0.5) is 14.4 Å². The first-order valence-corrected chi connectivity index (χ1v) is 14.1. The average molecular weight is 589 g/mol. The van der Waals surface area contributed by atoms with Crippen LogP contribution in [0.3, 0.4) is 0 Å². The van der Waals surface area contributed by atoms with Gasteiger partial charge in [-0.1, -0.05) is 0 Å². The van der Waals surface area contributed by atoms with Crippen LogP contribution < -0.4 is 21.3 Å². The van der Waals surface area contributed by atoms with E-state index in [1.165, 1.54) is 0 Å².